The van der Waals surface area contributed by atoms with E-state index >= 15 is 0 Å². The molecule has 0 atom stereocenters. The van der Waals surface area contributed by atoms with Crippen molar-refractivity contribution >= 4 is 28.6 Å². The van der Waals surface area contributed by atoms with Crippen molar-refractivity contribution < 1.29 is 9.47 Å². The third-order valence-electron chi connectivity index (χ3n) is 2.93. The number of ether oxygens (including phenoxy) is 2. The molecule has 7 heteroatoms. The maximum atomic E-state index is 5.74. The number of aromatic nitrogens is 2. The molecule has 0 saturated heterocycles. The van der Waals surface area contributed by atoms with Crippen LogP contribution in [0.1, 0.15) is 5.56 Å². The van der Waals surface area contributed by atoms with Gasteiger partial charge in [0.2, 0.25) is 0 Å². The monoisotopic (exact) mass is 306 g/mol. The highest BCUT2D eigenvalue weighted by atomic mass is 32.1. The Hall–Kier alpha value is -2.12. The largest absolute Gasteiger partial charge is 0.497 e. The van der Waals surface area contributed by atoms with Crippen LogP contribution in [0.3, 0.4) is 0 Å². The molecular weight excluding hydrogens is 288 g/mol. The highest BCUT2D eigenvalue weighted by Crippen LogP contribution is 2.25. The van der Waals surface area contributed by atoms with E-state index in [1.807, 2.05) is 24.4 Å². The van der Waals surface area contributed by atoms with Crippen molar-refractivity contribution in [2.24, 2.45) is 5.73 Å². The molecule has 1 heterocycles. The summed E-state index contributed by atoms with van der Waals surface area (Å²) in [5.74, 6) is 0.726. The van der Waals surface area contributed by atoms with Gasteiger partial charge in [-0.1, -0.05) is 12.2 Å². The average Bonchev–Trinajstić information content (AvgIpc) is 2.92. The van der Waals surface area contributed by atoms with E-state index in [0.717, 1.165) is 22.7 Å². The van der Waals surface area contributed by atoms with E-state index < -0.39 is 0 Å². The molecule has 0 spiro atoms. The summed E-state index contributed by atoms with van der Waals surface area (Å²) in [4.78, 5) is 0.326. The Morgan fingerprint density at radius 1 is 1.43 bits per heavy atom. The zero-order valence-corrected chi connectivity index (χ0v) is 12.8. The highest BCUT2D eigenvalue weighted by molar-refractivity contribution is 7.80. The van der Waals surface area contributed by atoms with E-state index in [0.29, 0.717) is 18.1 Å². The van der Waals surface area contributed by atoms with Crippen LogP contribution < -0.4 is 15.8 Å². The van der Waals surface area contributed by atoms with Crippen molar-refractivity contribution in [3.8, 4) is 5.75 Å². The number of rotatable bonds is 7. The van der Waals surface area contributed by atoms with Gasteiger partial charge in [-0.2, -0.15) is 5.10 Å². The van der Waals surface area contributed by atoms with E-state index in [2.05, 4.69) is 10.4 Å². The van der Waals surface area contributed by atoms with E-state index in [4.69, 9.17) is 27.4 Å². The summed E-state index contributed by atoms with van der Waals surface area (Å²) in [6.07, 6.45) is 3.63. The lowest BCUT2D eigenvalue weighted by Gasteiger charge is -2.11. The van der Waals surface area contributed by atoms with E-state index in [1.165, 1.54) is 0 Å². The highest BCUT2D eigenvalue weighted by Gasteiger charge is 2.08. The van der Waals surface area contributed by atoms with Crippen molar-refractivity contribution in [1.82, 2.24) is 9.78 Å². The number of nitrogens with zero attached hydrogens (tertiary/aromatic N) is 2. The summed E-state index contributed by atoms with van der Waals surface area (Å²) in [7, 11) is 3.27. The van der Waals surface area contributed by atoms with Crippen LogP contribution in [-0.4, -0.2) is 35.6 Å². The van der Waals surface area contributed by atoms with Gasteiger partial charge in [-0.3, -0.25) is 4.68 Å². The second-order valence-corrected chi connectivity index (χ2v) is 4.83. The third-order valence-corrected chi connectivity index (χ3v) is 3.15. The number of benzene rings is 1. The minimum atomic E-state index is 0.326. The summed E-state index contributed by atoms with van der Waals surface area (Å²) in [5.41, 5.74) is 8.13. The lowest BCUT2D eigenvalue weighted by atomic mass is 10.1. The first kappa shape index (κ1) is 15.3. The number of hydrogen-bond donors (Lipinski definition) is 2. The Balaban J connectivity index is 2.21. The zero-order valence-electron chi connectivity index (χ0n) is 12.0. The van der Waals surface area contributed by atoms with Crippen molar-refractivity contribution in [2.75, 3.05) is 26.1 Å². The fourth-order valence-corrected chi connectivity index (χ4v) is 2.04. The van der Waals surface area contributed by atoms with Gasteiger partial charge in [0.25, 0.3) is 0 Å². The lowest BCUT2D eigenvalue weighted by Crippen LogP contribution is -2.12. The van der Waals surface area contributed by atoms with Crippen molar-refractivity contribution in [3.05, 3.63) is 36.2 Å². The smallest absolute Gasteiger partial charge is 0.120 e. The van der Waals surface area contributed by atoms with Crippen LogP contribution in [0.25, 0.3) is 0 Å². The normalized spacial score (nSPS) is 10.4. The Morgan fingerprint density at radius 2 is 2.24 bits per heavy atom. The summed E-state index contributed by atoms with van der Waals surface area (Å²) >= 11 is 5.07. The molecule has 0 unspecified atom stereocenters. The number of nitrogens with one attached hydrogen (secondary N) is 1. The minimum Gasteiger partial charge on any atom is -0.497 e. The molecular formula is C14H18N4O2S. The molecule has 21 heavy (non-hydrogen) atoms. The van der Waals surface area contributed by atoms with Gasteiger partial charge in [-0.05, 0) is 12.1 Å². The van der Waals surface area contributed by atoms with Crippen LogP contribution in [0.4, 0.5) is 11.4 Å². The molecule has 6 nitrogen and oxygen atoms in total. The van der Waals surface area contributed by atoms with Gasteiger partial charge < -0.3 is 20.5 Å². The SMILES string of the molecule is COCCn1cc(Nc2cc(OC)ccc2C(N)=S)cn1. The minimum absolute atomic E-state index is 0.326. The van der Waals surface area contributed by atoms with Crippen LogP contribution in [0.2, 0.25) is 0 Å². The lowest BCUT2D eigenvalue weighted by molar-refractivity contribution is 0.183. The first-order valence-corrected chi connectivity index (χ1v) is 6.81. The quantitative estimate of drug-likeness (QED) is 0.761. The molecule has 0 radical (unpaired) electrons. The van der Waals surface area contributed by atoms with Crippen molar-refractivity contribution in [1.29, 1.82) is 0 Å². The first-order chi connectivity index (χ1) is 10.1. The molecule has 2 aromatic rings. The van der Waals surface area contributed by atoms with Gasteiger partial charge in [-0.25, -0.2) is 0 Å². The maximum absolute atomic E-state index is 5.74. The van der Waals surface area contributed by atoms with E-state index in [1.54, 1.807) is 25.1 Å². The number of hydrogen-bond acceptors (Lipinski definition) is 5. The van der Waals surface area contributed by atoms with Crippen LogP contribution in [0.5, 0.6) is 5.75 Å². The molecule has 112 valence electrons. The number of nitrogens with two attached hydrogens (primary N) is 1. The maximum Gasteiger partial charge on any atom is 0.120 e. The second kappa shape index (κ2) is 7.05. The standard InChI is InChI=1S/C14H18N4O2S/c1-19-6-5-18-9-10(8-16-18)17-13-7-11(20-2)3-4-12(13)14(15)21/h3-4,7-9,17H,5-6H2,1-2H3,(H2,15,21). The predicted molar refractivity (Wildman–Crippen MR) is 86.3 cm³/mol. The summed E-state index contributed by atoms with van der Waals surface area (Å²) in [6, 6.07) is 5.50. The van der Waals surface area contributed by atoms with Gasteiger partial charge in [-0.15, -0.1) is 0 Å². The van der Waals surface area contributed by atoms with Gasteiger partial charge >= 0.3 is 0 Å². The topological polar surface area (TPSA) is 74.3 Å². The van der Waals surface area contributed by atoms with Crippen LogP contribution >= 0.6 is 12.2 Å². The zero-order chi connectivity index (χ0) is 15.2. The molecule has 0 saturated carbocycles. The second-order valence-electron chi connectivity index (χ2n) is 4.39. The molecule has 0 aliphatic carbocycles. The third kappa shape index (κ3) is 3.93. The average molecular weight is 306 g/mol. The molecule has 0 aliphatic heterocycles. The van der Waals surface area contributed by atoms with Crippen molar-refractivity contribution in [3.63, 3.8) is 0 Å². The first-order valence-electron chi connectivity index (χ1n) is 6.40. The number of anilines is 2. The summed E-state index contributed by atoms with van der Waals surface area (Å²) in [5, 5.41) is 7.50. The Bertz CT molecular complexity index is 627. The van der Waals surface area contributed by atoms with Crippen molar-refractivity contribution in [2.45, 2.75) is 6.54 Å². The Morgan fingerprint density at radius 3 is 2.90 bits per heavy atom. The van der Waals surface area contributed by atoms with E-state index in [-0.39, 0.29) is 0 Å². The number of methoxy groups -OCH3 is 2. The van der Waals surface area contributed by atoms with Gasteiger partial charge in [0, 0.05) is 24.9 Å². The summed E-state index contributed by atoms with van der Waals surface area (Å²) in [6.45, 7) is 1.30. The molecule has 3 N–H and O–H groups in total. The molecule has 0 bridgehead atoms. The predicted octanol–water partition coefficient (Wildman–Crippen LogP) is 1.92. The van der Waals surface area contributed by atoms with Crippen LogP contribution in [0, 0.1) is 0 Å². The fraction of sp³-hybridized carbons (Fsp3) is 0.286. The Kier molecular flexibility index (Phi) is 5.13. The molecule has 0 amide bonds. The molecule has 1 aromatic carbocycles. The van der Waals surface area contributed by atoms with Crippen LogP contribution in [-0.2, 0) is 11.3 Å². The van der Waals surface area contributed by atoms with Gasteiger partial charge in [0.15, 0.2) is 0 Å². The number of thiocarbonyl (C=S) groups is 1. The molecule has 2 rings (SSSR count). The van der Waals surface area contributed by atoms with Crippen LogP contribution in [0.15, 0.2) is 30.6 Å². The molecule has 0 aliphatic rings. The molecule has 1 aromatic heterocycles. The van der Waals surface area contributed by atoms with Gasteiger partial charge in [0.05, 0.1) is 37.8 Å². The fourth-order valence-electron chi connectivity index (χ4n) is 1.86. The summed E-state index contributed by atoms with van der Waals surface area (Å²) < 4.78 is 12.0. The van der Waals surface area contributed by atoms with Gasteiger partial charge in [0.1, 0.15) is 10.7 Å². The molecule has 0 fully saturated rings. The van der Waals surface area contributed by atoms with E-state index in [9.17, 15) is 0 Å². The Labute approximate surface area is 128 Å².